The number of nitrogens with one attached hydrogen (secondary N) is 1. The van der Waals surface area contributed by atoms with E-state index >= 15 is 0 Å². The zero-order valence-corrected chi connectivity index (χ0v) is 9.61. The monoisotopic (exact) mass is 243 g/mol. The first kappa shape index (κ1) is 10.7. The largest absolute Gasteiger partial charge is 0.508 e. The fraction of sp³-hybridized carbons (Fsp3) is 0.0769. The molecule has 0 aliphatic carbocycles. The molecule has 0 amide bonds. The number of aromatic amines is 1. The second-order valence-electron chi connectivity index (χ2n) is 4.07. The van der Waals surface area contributed by atoms with Crippen molar-refractivity contribution in [2.45, 2.75) is 6.92 Å². The number of hydrogen-bond acceptors (Lipinski definition) is 3. The van der Waals surface area contributed by atoms with Crippen LogP contribution in [0.25, 0.3) is 22.6 Å². The molecule has 0 unspecified atom stereocenters. The number of aromatic nitrogens is 3. The average Bonchev–Trinajstić information content (AvgIpc) is 2.71. The van der Waals surface area contributed by atoms with Crippen LogP contribution in [0.5, 0.6) is 5.75 Å². The minimum atomic E-state index is -0.522. The van der Waals surface area contributed by atoms with Gasteiger partial charge in [0.25, 0.3) is 0 Å². The smallest absolute Gasteiger partial charge is 0.178 e. The van der Waals surface area contributed by atoms with Crippen molar-refractivity contribution in [2.24, 2.45) is 0 Å². The summed E-state index contributed by atoms with van der Waals surface area (Å²) in [5, 5.41) is 9.18. The molecule has 2 N–H and O–H groups in total. The maximum Gasteiger partial charge on any atom is 0.178 e. The van der Waals surface area contributed by atoms with Crippen LogP contribution >= 0.6 is 0 Å². The van der Waals surface area contributed by atoms with E-state index in [1.54, 1.807) is 0 Å². The van der Waals surface area contributed by atoms with Crippen molar-refractivity contribution in [3.63, 3.8) is 0 Å². The molecule has 0 fully saturated rings. The van der Waals surface area contributed by atoms with E-state index in [4.69, 9.17) is 0 Å². The van der Waals surface area contributed by atoms with E-state index in [0.29, 0.717) is 17.0 Å². The fourth-order valence-electron chi connectivity index (χ4n) is 1.81. The molecule has 0 spiro atoms. The van der Waals surface area contributed by atoms with Crippen molar-refractivity contribution >= 4 is 11.2 Å². The minimum absolute atomic E-state index is 0.110. The summed E-state index contributed by atoms with van der Waals surface area (Å²) in [6.45, 7) is 1.87. The molecule has 1 aromatic carbocycles. The molecule has 4 nitrogen and oxygen atoms in total. The number of nitrogens with zero attached hydrogens (tertiary/aromatic N) is 2. The SMILES string of the molecule is Cc1ccc2[nH]c(-c3ccc(O)cc3F)nc2n1. The highest BCUT2D eigenvalue weighted by molar-refractivity contribution is 5.76. The first-order valence-electron chi connectivity index (χ1n) is 5.46. The molecule has 0 saturated heterocycles. The Labute approximate surface area is 102 Å². The second-order valence-corrected chi connectivity index (χ2v) is 4.07. The van der Waals surface area contributed by atoms with Gasteiger partial charge in [0.05, 0.1) is 11.1 Å². The third kappa shape index (κ3) is 1.69. The normalized spacial score (nSPS) is 11.0. The van der Waals surface area contributed by atoms with Crippen LogP contribution in [0, 0.1) is 12.7 Å². The van der Waals surface area contributed by atoms with Crippen molar-refractivity contribution in [1.29, 1.82) is 0 Å². The molecule has 90 valence electrons. The van der Waals surface area contributed by atoms with Crippen molar-refractivity contribution in [1.82, 2.24) is 15.0 Å². The fourth-order valence-corrected chi connectivity index (χ4v) is 1.81. The van der Waals surface area contributed by atoms with Gasteiger partial charge in [-0.1, -0.05) is 0 Å². The molecule has 0 saturated carbocycles. The van der Waals surface area contributed by atoms with E-state index in [1.807, 2.05) is 19.1 Å². The highest BCUT2D eigenvalue weighted by atomic mass is 19.1. The van der Waals surface area contributed by atoms with Crippen LogP contribution in [0.2, 0.25) is 0 Å². The van der Waals surface area contributed by atoms with Gasteiger partial charge >= 0.3 is 0 Å². The minimum Gasteiger partial charge on any atom is -0.508 e. The molecule has 2 heterocycles. The van der Waals surface area contributed by atoms with Gasteiger partial charge in [-0.25, -0.2) is 14.4 Å². The number of aryl methyl sites for hydroxylation is 1. The number of phenolic OH excluding ortho intramolecular Hbond substituents is 1. The van der Waals surface area contributed by atoms with Crippen molar-refractivity contribution < 1.29 is 9.50 Å². The number of pyridine rings is 1. The van der Waals surface area contributed by atoms with Crippen LogP contribution in [-0.4, -0.2) is 20.1 Å². The molecular formula is C13H10FN3O. The van der Waals surface area contributed by atoms with Crippen molar-refractivity contribution in [3.05, 3.63) is 41.8 Å². The first-order chi connectivity index (χ1) is 8.63. The zero-order chi connectivity index (χ0) is 12.7. The van der Waals surface area contributed by atoms with Crippen molar-refractivity contribution in [2.75, 3.05) is 0 Å². The lowest BCUT2D eigenvalue weighted by Crippen LogP contribution is -1.86. The number of hydrogen-bond donors (Lipinski definition) is 2. The standard InChI is InChI=1S/C13H10FN3O/c1-7-2-5-11-13(15-7)17-12(16-11)9-4-3-8(18)6-10(9)14/h2-6,18H,1H3,(H,15,16,17). The third-order valence-corrected chi connectivity index (χ3v) is 2.69. The highest BCUT2D eigenvalue weighted by Gasteiger charge is 2.11. The Bertz CT molecular complexity index is 736. The molecule has 0 bridgehead atoms. The maximum atomic E-state index is 13.7. The van der Waals surface area contributed by atoms with E-state index in [1.165, 1.54) is 12.1 Å². The lowest BCUT2D eigenvalue weighted by molar-refractivity contribution is 0.469. The molecule has 0 aliphatic rings. The Morgan fingerprint density at radius 1 is 1.17 bits per heavy atom. The molecule has 5 heteroatoms. The Kier molecular flexibility index (Phi) is 2.26. The number of H-pyrrole nitrogens is 1. The number of halogens is 1. The van der Waals surface area contributed by atoms with Crippen LogP contribution in [0.1, 0.15) is 5.69 Å². The van der Waals surface area contributed by atoms with Gasteiger partial charge in [0, 0.05) is 11.8 Å². The molecule has 2 aromatic heterocycles. The van der Waals surface area contributed by atoms with E-state index in [2.05, 4.69) is 15.0 Å². The summed E-state index contributed by atoms with van der Waals surface area (Å²) in [6.07, 6.45) is 0. The van der Waals surface area contributed by atoms with Gasteiger partial charge in [-0.2, -0.15) is 0 Å². The molecule has 3 rings (SSSR count). The Morgan fingerprint density at radius 2 is 2.00 bits per heavy atom. The molecular weight excluding hydrogens is 233 g/mol. The van der Waals surface area contributed by atoms with Gasteiger partial charge in [0.2, 0.25) is 0 Å². The van der Waals surface area contributed by atoms with E-state index < -0.39 is 5.82 Å². The summed E-state index contributed by atoms with van der Waals surface area (Å²) < 4.78 is 13.7. The number of phenols is 1. The zero-order valence-electron chi connectivity index (χ0n) is 9.61. The topological polar surface area (TPSA) is 61.8 Å². The van der Waals surface area contributed by atoms with E-state index in [0.717, 1.165) is 17.3 Å². The van der Waals surface area contributed by atoms with Gasteiger partial charge in [-0.3, -0.25) is 0 Å². The van der Waals surface area contributed by atoms with Crippen LogP contribution in [-0.2, 0) is 0 Å². The molecule has 0 aliphatic heterocycles. The molecule has 18 heavy (non-hydrogen) atoms. The van der Waals surface area contributed by atoms with Crippen LogP contribution in [0.3, 0.4) is 0 Å². The number of rotatable bonds is 1. The Morgan fingerprint density at radius 3 is 2.78 bits per heavy atom. The number of fused-ring (bicyclic) bond motifs is 1. The summed E-state index contributed by atoms with van der Waals surface area (Å²) in [5.74, 6) is -0.229. The predicted molar refractivity (Wildman–Crippen MR) is 65.7 cm³/mol. The Balaban J connectivity index is 2.19. The van der Waals surface area contributed by atoms with Crippen molar-refractivity contribution in [3.8, 4) is 17.1 Å². The second kappa shape index (κ2) is 3.80. The maximum absolute atomic E-state index is 13.7. The number of imidazole rings is 1. The summed E-state index contributed by atoms with van der Waals surface area (Å²) >= 11 is 0. The first-order valence-corrected chi connectivity index (χ1v) is 5.46. The quantitative estimate of drug-likeness (QED) is 0.690. The summed E-state index contributed by atoms with van der Waals surface area (Å²) in [4.78, 5) is 11.5. The van der Waals surface area contributed by atoms with Gasteiger partial charge in [-0.15, -0.1) is 0 Å². The number of benzene rings is 1. The van der Waals surface area contributed by atoms with Crippen LogP contribution in [0.4, 0.5) is 4.39 Å². The molecule has 0 radical (unpaired) electrons. The lowest BCUT2D eigenvalue weighted by atomic mass is 10.2. The lowest BCUT2D eigenvalue weighted by Gasteiger charge is -1.99. The molecule has 0 atom stereocenters. The third-order valence-electron chi connectivity index (χ3n) is 2.69. The molecule has 3 aromatic rings. The van der Waals surface area contributed by atoms with Crippen LogP contribution < -0.4 is 0 Å². The Hall–Kier alpha value is -2.43. The van der Waals surface area contributed by atoms with Gasteiger partial charge in [0.15, 0.2) is 5.65 Å². The van der Waals surface area contributed by atoms with E-state index in [9.17, 15) is 9.50 Å². The summed E-state index contributed by atoms with van der Waals surface area (Å²) in [7, 11) is 0. The van der Waals surface area contributed by atoms with Gasteiger partial charge in [-0.05, 0) is 31.2 Å². The summed E-state index contributed by atoms with van der Waals surface area (Å²) in [5.41, 5.74) is 2.47. The van der Waals surface area contributed by atoms with Gasteiger partial charge < -0.3 is 10.1 Å². The van der Waals surface area contributed by atoms with Gasteiger partial charge in [0.1, 0.15) is 17.4 Å². The predicted octanol–water partition coefficient (Wildman–Crippen LogP) is 2.78. The average molecular weight is 243 g/mol. The van der Waals surface area contributed by atoms with Crippen LogP contribution in [0.15, 0.2) is 30.3 Å². The summed E-state index contributed by atoms with van der Waals surface area (Å²) in [6, 6.07) is 7.67. The number of aromatic hydroxyl groups is 1. The highest BCUT2D eigenvalue weighted by Crippen LogP contribution is 2.25. The van der Waals surface area contributed by atoms with E-state index in [-0.39, 0.29) is 5.75 Å².